The van der Waals surface area contributed by atoms with Gasteiger partial charge in [-0.25, -0.2) is 4.98 Å². The van der Waals surface area contributed by atoms with E-state index in [0.717, 1.165) is 15.6 Å². The van der Waals surface area contributed by atoms with Crippen molar-refractivity contribution in [2.75, 3.05) is 0 Å². The van der Waals surface area contributed by atoms with Crippen LogP contribution in [0.1, 0.15) is 49.3 Å². The van der Waals surface area contributed by atoms with Crippen molar-refractivity contribution in [2.24, 2.45) is 0 Å². The molecule has 0 spiro atoms. The van der Waals surface area contributed by atoms with Crippen LogP contribution in [-0.4, -0.2) is 10.9 Å². The van der Waals surface area contributed by atoms with Crippen LogP contribution in [0.4, 0.5) is 0 Å². The van der Waals surface area contributed by atoms with Gasteiger partial charge in [0, 0.05) is 15.7 Å². The molecule has 0 radical (unpaired) electrons. The van der Waals surface area contributed by atoms with Gasteiger partial charge in [-0.3, -0.25) is 4.79 Å². The molecule has 0 aliphatic heterocycles. The SMILES string of the molecule is C[C@H](NC(=O)Cc1cccs1)c1nc(C(C)(C)C)cs1. The minimum Gasteiger partial charge on any atom is -0.347 e. The van der Waals surface area contributed by atoms with Gasteiger partial charge in [0.05, 0.1) is 18.2 Å². The molecule has 0 fully saturated rings. The molecule has 2 heterocycles. The lowest BCUT2D eigenvalue weighted by atomic mass is 9.93. The molecule has 20 heavy (non-hydrogen) atoms. The Morgan fingerprint density at radius 2 is 2.15 bits per heavy atom. The van der Waals surface area contributed by atoms with Gasteiger partial charge in [0.25, 0.3) is 0 Å². The molecule has 0 saturated heterocycles. The van der Waals surface area contributed by atoms with Gasteiger partial charge >= 0.3 is 0 Å². The Hall–Kier alpha value is -1.20. The van der Waals surface area contributed by atoms with Crippen LogP contribution < -0.4 is 5.32 Å². The number of rotatable bonds is 4. The van der Waals surface area contributed by atoms with E-state index in [2.05, 4.69) is 36.5 Å². The molecule has 5 heteroatoms. The highest BCUT2D eigenvalue weighted by Gasteiger charge is 2.20. The molecule has 2 aromatic rings. The predicted octanol–water partition coefficient (Wildman–Crippen LogP) is 3.92. The zero-order valence-corrected chi connectivity index (χ0v) is 13.9. The summed E-state index contributed by atoms with van der Waals surface area (Å²) < 4.78 is 0. The summed E-state index contributed by atoms with van der Waals surface area (Å²) in [4.78, 5) is 17.7. The van der Waals surface area contributed by atoms with Crippen molar-refractivity contribution in [1.29, 1.82) is 0 Å². The maximum Gasteiger partial charge on any atom is 0.225 e. The molecular formula is C15H20N2OS2. The van der Waals surface area contributed by atoms with Gasteiger partial charge in [0.1, 0.15) is 5.01 Å². The van der Waals surface area contributed by atoms with E-state index in [1.807, 2.05) is 24.4 Å². The fourth-order valence-corrected chi connectivity index (χ4v) is 3.51. The van der Waals surface area contributed by atoms with E-state index < -0.39 is 0 Å². The van der Waals surface area contributed by atoms with Crippen molar-refractivity contribution >= 4 is 28.6 Å². The molecule has 0 saturated carbocycles. The summed E-state index contributed by atoms with van der Waals surface area (Å²) in [6.07, 6.45) is 0.444. The van der Waals surface area contributed by atoms with Crippen LogP contribution in [-0.2, 0) is 16.6 Å². The highest BCUT2D eigenvalue weighted by molar-refractivity contribution is 7.10. The number of nitrogens with one attached hydrogen (secondary N) is 1. The fraction of sp³-hybridized carbons (Fsp3) is 0.467. The Balaban J connectivity index is 1.96. The monoisotopic (exact) mass is 308 g/mol. The van der Waals surface area contributed by atoms with Crippen molar-refractivity contribution in [2.45, 2.75) is 45.6 Å². The van der Waals surface area contributed by atoms with E-state index >= 15 is 0 Å². The molecule has 0 aromatic carbocycles. The predicted molar refractivity (Wildman–Crippen MR) is 85.4 cm³/mol. The Kier molecular flexibility index (Phi) is 4.60. The molecule has 3 nitrogen and oxygen atoms in total. The van der Waals surface area contributed by atoms with Gasteiger partial charge < -0.3 is 5.32 Å². The van der Waals surface area contributed by atoms with Gasteiger partial charge in [0.2, 0.25) is 5.91 Å². The van der Waals surface area contributed by atoms with E-state index in [1.54, 1.807) is 22.7 Å². The summed E-state index contributed by atoms with van der Waals surface area (Å²) >= 11 is 3.22. The summed E-state index contributed by atoms with van der Waals surface area (Å²) in [6.45, 7) is 8.42. The second-order valence-electron chi connectivity index (χ2n) is 5.87. The number of nitrogens with zero attached hydrogens (tertiary/aromatic N) is 1. The van der Waals surface area contributed by atoms with E-state index in [0.29, 0.717) is 6.42 Å². The molecule has 0 unspecified atom stereocenters. The standard InChI is InChI=1S/C15H20N2OS2/c1-10(14-17-12(9-20-14)15(2,3)4)16-13(18)8-11-6-5-7-19-11/h5-7,9-10H,8H2,1-4H3,(H,16,18)/t10-/m0/s1. The molecule has 2 aromatic heterocycles. The third-order valence-corrected chi connectivity index (χ3v) is 4.86. The van der Waals surface area contributed by atoms with Gasteiger partial charge in [-0.1, -0.05) is 26.8 Å². The van der Waals surface area contributed by atoms with Crippen LogP contribution in [0.5, 0.6) is 0 Å². The summed E-state index contributed by atoms with van der Waals surface area (Å²) in [7, 11) is 0. The number of carbonyl (C=O) groups excluding carboxylic acids is 1. The lowest BCUT2D eigenvalue weighted by Gasteiger charge is -2.15. The minimum absolute atomic E-state index is 0.0384. The van der Waals surface area contributed by atoms with Gasteiger partial charge in [0.15, 0.2) is 0 Å². The Bertz CT molecular complexity index is 567. The first-order valence-corrected chi connectivity index (χ1v) is 8.40. The van der Waals surface area contributed by atoms with Crippen molar-refractivity contribution in [1.82, 2.24) is 10.3 Å². The highest BCUT2D eigenvalue weighted by atomic mass is 32.1. The normalized spacial score (nSPS) is 13.2. The van der Waals surface area contributed by atoms with E-state index in [1.165, 1.54) is 0 Å². The Labute approximate surface area is 128 Å². The lowest BCUT2D eigenvalue weighted by Crippen LogP contribution is -2.28. The number of hydrogen-bond donors (Lipinski definition) is 1. The summed E-state index contributed by atoms with van der Waals surface area (Å²) in [5.41, 5.74) is 1.13. The van der Waals surface area contributed by atoms with Crippen LogP contribution in [0.3, 0.4) is 0 Å². The van der Waals surface area contributed by atoms with Crippen molar-refractivity contribution in [3.8, 4) is 0 Å². The molecule has 1 N–H and O–H groups in total. The number of hydrogen-bond acceptors (Lipinski definition) is 4. The average molecular weight is 308 g/mol. The number of thiazole rings is 1. The van der Waals surface area contributed by atoms with Gasteiger partial charge in [-0.05, 0) is 18.4 Å². The van der Waals surface area contributed by atoms with Gasteiger partial charge in [-0.15, -0.1) is 22.7 Å². The first-order valence-electron chi connectivity index (χ1n) is 6.64. The topological polar surface area (TPSA) is 42.0 Å². The molecular weight excluding hydrogens is 288 g/mol. The largest absolute Gasteiger partial charge is 0.347 e. The third kappa shape index (κ3) is 3.90. The number of thiophene rings is 1. The summed E-state index contributed by atoms with van der Waals surface area (Å²) in [6, 6.07) is 3.91. The molecule has 0 aliphatic rings. The summed E-state index contributed by atoms with van der Waals surface area (Å²) in [5, 5.41) is 8.05. The molecule has 1 amide bonds. The Morgan fingerprint density at radius 1 is 1.40 bits per heavy atom. The molecule has 0 aliphatic carbocycles. The molecule has 2 rings (SSSR count). The molecule has 1 atom stereocenters. The first-order chi connectivity index (χ1) is 9.36. The van der Waals surface area contributed by atoms with E-state index in [4.69, 9.17) is 0 Å². The fourth-order valence-electron chi connectivity index (χ4n) is 1.76. The zero-order valence-electron chi connectivity index (χ0n) is 12.3. The molecule has 108 valence electrons. The van der Waals surface area contributed by atoms with Crippen molar-refractivity contribution in [3.05, 3.63) is 38.5 Å². The van der Waals surface area contributed by atoms with E-state index in [9.17, 15) is 4.79 Å². The van der Waals surface area contributed by atoms with Crippen LogP contribution in [0, 0.1) is 0 Å². The maximum absolute atomic E-state index is 12.0. The lowest BCUT2D eigenvalue weighted by molar-refractivity contribution is -0.121. The van der Waals surface area contributed by atoms with Crippen LogP contribution in [0.2, 0.25) is 0 Å². The highest BCUT2D eigenvalue weighted by Crippen LogP contribution is 2.26. The zero-order chi connectivity index (χ0) is 14.8. The second kappa shape index (κ2) is 6.06. The van der Waals surface area contributed by atoms with Crippen molar-refractivity contribution < 1.29 is 4.79 Å². The quantitative estimate of drug-likeness (QED) is 0.930. The Morgan fingerprint density at radius 3 is 2.70 bits per heavy atom. The summed E-state index contributed by atoms with van der Waals surface area (Å²) in [5.74, 6) is 0.0486. The van der Waals surface area contributed by atoms with Crippen LogP contribution in [0.15, 0.2) is 22.9 Å². The second-order valence-corrected chi connectivity index (χ2v) is 7.79. The maximum atomic E-state index is 12.0. The average Bonchev–Trinajstić information content (AvgIpc) is 2.97. The van der Waals surface area contributed by atoms with Crippen LogP contribution >= 0.6 is 22.7 Å². The van der Waals surface area contributed by atoms with Crippen molar-refractivity contribution in [3.63, 3.8) is 0 Å². The first kappa shape index (κ1) is 15.2. The van der Waals surface area contributed by atoms with Crippen LogP contribution in [0.25, 0.3) is 0 Å². The number of amides is 1. The number of carbonyl (C=O) groups is 1. The minimum atomic E-state index is -0.0384. The van der Waals surface area contributed by atoms with Gasteiger partial charge in [-0.2, -0.15) is 0 Å². The third-order valence-electron chi connectivity index (χ3n) is 2.95. The smallest absolute Gasteiger partial charge is 0.225 e. The molecule has 0 bridgehead atoms. The number of aromatic nitrogens is 1. The van der Waals surface area contributed by atoms with E-state index in [-0.39, 0.29) is 17.4 Å².